The second-order valence-corrected chi connectivity index (χ2v) is 8.42. The molecule has 7 nitrogen and oxygen atoms in total. The molecule has 0 unspecified atom stereocenters. The minimum atomic E-state index is -0.184. The van der Waals surface area contributed by atoms with Crippen LogP contribution in [0.3, 0.4) is 0 Å². The van der Waals surface area contributed by atoms with Gasteiger partial charge in [0.2, 0.25) is 0 Å². The van der Waals surface area contributed by atoms with Crippen LogP contribution in [-0.4, -0.2) is 38.7 Å². The summed E-state index contributed by atoms with van der Waals surface area (Å²) < 4.78 is 2.47. The van der Waals surface area contributed by atoms with Crippen molar-refractivity contribution in [2.24, 2.45) is 5.73 Å². The quantitative estimate of drug-likeness (QED) is 0.564. The van der Waals surface area contributed by atoms with Crippen LogP contribution in [0.5, 0.6) is 0 Å². The zero-order valence-corrected chi connectivity index (χ0v) is 16.3. The van der Waals surface area contributed by atoms with Gasteiger partial charge >= 0.3 is 0 Å². The summed E-state index contributed by atoms with van der Waals surface area (Å²) in [5.74, 6) is 0.789. The monoisotopic (exact) mass is 392 g/mol. The van der Waals surface area contributed by atoms with E-state index in [2.05, 4.69) is 20.0 Å². The molecule has 2 N–H and O–H groups in total. The lowest BCUT2D eigenvalue weighted by Gasteiger charge is -2.30. The molecule has 0 saturated carbocycles. The van der Waals surface area contributed by atoms with Crippen LogP contribution in [0.1, 0.15) is 17.8 Å². The molecule has 142 valence electrons. The van der Waals surface area contributed by atoms with Gasteiger partial charge in [-0.3, -0.25) is 4.79 Å². The minimum absolute atomic E-state index is 0.184. The molecule has 0 radical (unpaired) electrons. The van der Waals surface area contributed by atoms with E-state index in [9.17, 15) is 4.79 Å². The first kappa shape index (κ1) is 17.3. The molecule has 4 heterocycles. The molecule has 5 rings (SSSR count). The molecule has 8 heteroatoms. The number of rotatable bonds is 2. The summed E-state index contributed by atoms with van der Waals surface area (Å²) in [6, 6.07) is 11.6. The molecule has 1 aliphatic rings. The van der Waals surface area contributed by atoms with E-state index < -0.39 is 0 Å². The summed E-state index contributed by atoms with van der Waals surface area (Å²) in [6.45, 7) is 3.70. The van der Waals surface area contributed by atoms with Crippen LogP contribution < -0.4 is 16.2 Å². The van der Waals surface area contributed by atoms with Crippen molar-refractivity contribution in [2.75, 3.05) is 18.0 Å². The van der Waals surface area contributed by atoms with Gasteiger partial charge in [0.1, 0.15) is 5.82 Å². The Kier molecular flexibility index (Phi) is 4.10. The SMILES string of the molecule is Cc1nc2ccc(-c3cc(=O)n4nc(N5CCC(N)CC5)ccc4n3)cc2s1. The maximum absolute atomic E-state index is 12.7. The highest BCUT2D eigenvalue weighted by Crippen LogP contribution is 2.27. The molecule has 3 aromatic heterocycles. The molecule has 0 atom stereocenters. The van der Waals surface area contributed by atoms with E-state index in [1.54, 1.807) is 17.4 Å². The van der Waals surface area contributed by atoms with Gasteiger partial charge in [0.25, 0.3) is 5.56 Å². The van der Waals surface area contributed by atoms with Gasteiger partial charge in [0.05, 0.1) is 20.9 Å². The van der Waals surface area contributed by atoms with Gasteiger partial charge in [-0.15, -0.1) is 16.4 Å². The Hall–Kier alpha value is -2.84. The fraction of sp³-hybridized carbons (Fsp3) is 0.300. The summed E-state index contributed by atoms with van der Waals surface area (Å²) in [5.41, 5.74) is 8.87. The fourth-order valence-corrected chi connectivity index (χ4v) is 4.50. The average Bonchev–Trinajstić information content (AvgIpc) is 3.07. The van der Waals surface area contributed by atoms with Crippen LogP contribution in [0.4, 0.5) is 5.82 Å². The molecule has 1 aliphatic heterocycles. The first-order valence-electron chi connectivity index (χ1n) is 9.36. The van der Waals surface area contributed by atoms with Crippen molar-refractivity contribution >= 4 is 33.0 Å². The van der Waals surface area contributed by atoms with Gasteiger partial charge in [-0.25, -0.2) is 9.97 Å². The van der Waals surface area contributed by atoms with Gasteiger partial charge < -0.3 is 10.6 Å². The van der Waals surface area contributed by atoms with Crippen molar-refractivity contribution in [2.45, 2.75) is 25.8 Å². The van der Waals surface area contributed by atoms with E-state index in [1.165, 1.54) is 4.52 Å². The molecule has 1 saturated heterocycles. The molecule has 0 spiro atoms. The topological polar surface area (TPSA) is 89.4 Å². The number of thiazole rings is 1. The van der Waals surface area contributed by atoms with Crippen molar-refractivity contribution in [1.29, 1.82) is 0 Å². The second kappa shape index (κ2) is 6.65. The Balaban J connectivity index is 1.54. The average molecular weight is 392 g/mol. The van der Waals surface area contributed by atoms with E-state index in [0.29, 0.717) is 11.3 Å². The number of aromatic nitrogens is 4. The number of piperidine rings is 1. The van der Waals surface area contributed by atoms with E-state index in [4.69, 9.17) is 5.73 Å². The Morgan fingerprint density at radius 1 is 1.11 bits per heavy atom. The molecule has 28 heavy (non-hydrogen) atoms. The zero-order valence-electron chi connectivity index (χ0n) is 15.5. The Morgan fingerprint density at radius 2 is 1.93 bits per heavy atom. The number of nitrogens with zero attached hydrogens (tertiary/aromatic N) is 5. The molecule has 1 aromatic carbocycles. The predicted octanol–water partition coefficient (Wildman–Crippen LogP) is 2.60. The molecular formula is C20H20N6OS. The third kappa shape index (κ3) is 3.04. The number of benzene rings is 1. The lowest BCUT2D eigenvalue weighted by molar-refractivity contribution is 0.497. The minimum Gasteiger partial charge on any atom is -0.355 e. The van der Waals surface area contributed by atoms with Crippen molar-refractivity contribution in [3.05, 3.63) is 51.8 Å². The van der Waals surface area contributed by atoms with Gasteiger partial charge in [0.15, 0.2) is 5.65 Å². The maximum Gasteiger partial charge on any atom is 0.275 e. The van der Waals surface area contributed by atoms with Crippen LogP contribution in [0.2, 0.25) is 0 Å². The third-order valence-corrected chi connectivity index (χ3v) is 6.09. The number of hydrogen-bond acceptors (Lipinski definition) is 7. The van der Waals surface area contributed by atoms with Crippen LogP contribution in [0.15, 0.2) is 41.2 Å². The number of anilines is 1. The number of fused-ring (bicyclic) bond motifs is 2. The van der Waals surface area contributed by atoms with Crippen molar-refractivity contribution in [3.63, 3.8) is 0 Å². The zero-order chi connectivity index (χ0) is 19.3. The third-order valence-electron chi connectivity index (χ3n) is 5.16. The summed E-state index contributed by atoms with van der Waals surface area (Å²) in [7, 11) is 0. The van der Waals surface area contributed by atoms with E-state index in [-0.39, 0.29) is 11.6 Å². The smallest absolute Gasteiger partial charge is 0.275 e. The largest absolute Gasteiger partial charge is 0.355 e. The Morgan fingerprint density at radius 3 is 2.75 bits per heavy atom. The van der Waals surface area contributed by atoms with Gasteiger partial charge in [-0.2, -0.15) is 4.52 Å². The summed E-state index contributed by atoms with van der Waals surface area (Å²) >= 11 is 1.64. The van der Waals surface area contributed by atoms with Gasteiger partial charge in [-0.05, 0) is 44.0 Å². The van der Waals surface area contributed by atoms with Gasteiger partial charge in [-0.1, -0.05) is 6.07 Å². The molecule has 1 fully saturated rings. The number of hydrogen-bond donors (Lipinski definition) is 1. The standard InChI is InChI=1S/C20H20N6OS/c1-12-22-15-3-2-13(10-17(15)28-12)16-11-20(27)26-18(23-16)4-5-19(24-26)25-8-6-14(21)7-9-25/h2-5,10-11,14H,6-9,21H2,1H3. The molecule has 0 aliphatic carbocycles. The van der Waals surface area contributed by atoms with E-state index in [1.807, 2.05) is 37.3 Å². The Labute approximate surface area is 165 Å². The van der Waals surface area contributed by atoms with Crippen LogP contribution in [0, 0.1) is 6.92 Å². The maximum atomic E-state index is 12.7. The van der Waals surface area contributed by atoms with E-state index in [0.717, 1.165) is 52.5 Å². The van der Waals surface area contributed by atoms with Crippen LogP contribution in [0.25, 0.3) is 27.1 Å². The Bertz CT molecular complexity index is 1240. The van der Waals surface area contributed by atoms with E-state index >= 15 is 0 Å². The first-order chi connectivity index (χ1) is 13.6. The lowest BCUT2D eigenvalue weighted by atomic mass is 10.1. The molecular weight excluding hydrogens is 372 g/mol. The van der Waals surface area contributed by atoms with Crippen LogP contribution >= 0.6 is 11.3 Å². The summed E-state index contributed by atoms with van der Waals surface area (Å²) in [4.78, 5) is 24.1. The van der Waals surface area contributed by atoms with Gasteiger partial charge in [0, 0.05) is 30.8 Å². The number of aryl methyl sites for hydroxylation is 1. The summed E-state index contributed by atoms with van der Waals surface area (Å²) in [6.07, 6.45) is 1.87. The lowest BCUT2D eigenvalue weighted by Crippen LogP contribution is -2.40. The number of nitrogens with two attached hydrogens (primary N) is 1. The fourth-order valence-electron chi connectivity index (χ4n) is 3.63. The molecule has 0 amide bonds. The first-order valence-corrected chi connectivity index (χ1v) is 10.2. The summed E-state index contributed by atoms with van der Waals surface area (Å²) in [5, 5.41) is 5.55. The van der Waals surface area contributed by atoms with Crippen LogP contribution in [-0.2, 0) is 0 Å². The van der Waals surface area contributed by atoms with Crippen molar-refractivity contribution in [1.82, 2.24) is 19.6 Å². The highest BCUT2D eigenvalue weighted by Gasteiger charge is 2.18. The van der Waals surface area contributed by atoms with Crippen molar-refractivity contribution < 1.29 is 0 Å². The van der Waals surface area contributed by atoms with Crippen molar-refractivity contribution in [3.8, 4) is 11.3 Å². The normalized spacial score (nSPS) is 15.6. The predicted molar refractivity (Wildman–Crippen MR) is 112 cm³/mol. The molecule has 4 aromatic rings. The highest BCUT2D eigenvalue weighted by atomic mass is 32.1. The molecule has 0 bridgehead atoms. The highest BCUT2D eigenvalue weighted by molar-refractivity contribution is 7.18. The second-order valence-electron chi connectivity index (χ2n) is 7.18.